The van der Waals surface area contributed by atoms with E-state index in [4.69, 9.17) is 4.52 Å². The minimum absolute atomic E-state index is 0.205. The molecule has 1 amide bonds. The number of amides is 1. The van der Waals surface area contributed by atoms with Crippen LogP contribution >= 0.6 is 0 Å². The van der Waals surface area contributed by atoms with E-state index < -0.39 is 0 Å². The number of carbonyl (C=O) groups is 1. The molecule has 24 heavy (non-hydrogen) atoms. The Hall–Kier alpha value is -3.15. The van der Waals surface area contributed by atoms with Crippen LogP contribution in [0.25, 0.3) is 11.1 Å². The normalized spacial score (nSPS) is 11.9. The van der Waals surface area contributed by atoms with Gasteiger partial charge in [0.25, 0.3) is 5.91 Å². The maximum atomic E-state index is 12.4. The summed E-state index contributed by atoms with van der Waals surface area (Å²) in [7, 11) is 0. The molecule has 3 aromatic rings. The Morgan fingerprint density at radius 3 is 2.58 bits per heavy atom. The molecule has 0 spiro atoms. The van der Waals surface area contributed by atoms with E-state index in [1.165, 1.54) is 0 Å². The number of hydrogen-bond acceptors (Lipinski definition) is 5. The van der Waals surface area contributed by atoms with Crippen LogP contribution in [0, 0.1) is 6.92 Å². The topological polar surface area (TPSA) is 88.2 Å². The zero-order chi connectivity index (χ0) is 17.1. The summed E-state index contributed by atoms with van der Waals surface area (Å²) in [6, 6.07) is 13.7. The second-order valence-electron chi connectivity index (χ2n) is 5.50. The maximum absolute atomic E-state index is 12.4. The summed E-state index contributed by atoms with van der Waals surface area (Å²) in [5.74, 6) is 0.881. The summed E-state index contributed by atoms with van der Waals surface area (Å²) in [6.07, 6.45) is 0. The van der Waals surface area contributed by atoms with Crippen LogP contribution in [0.3, 0.4) is 0 Å². The Kier molecular flexibility index (Phi) is 4.29. The molecule has 0 aliphatic rings. The van der Waals surface area contributed by atoms with Crippen LogP contribution < -0.4 is 5.32 Å². The molecule has 2 N–H and O–H groups in total. The van der Waals surface area contributed by atoms with E-state index >= 15 is 0 Å². The molecule has 6 heteroatoms. The lowest BCUT2D eigenvalue weighted by Gasteiger charge is -2.11. The van der Waals surface area contributed by atoms with Crippen molar-refractivity contribution in [2.45, 2.75) is 19.9 Å². The maximum Gasteiger partial charge on any atom is 0.251 e. The molecule has 1 heterocycles. The second kappa shape index (κ2) is 6.54. The molecule has 0 aliphatic carbocycles. The van der Waals surface area contributed by atoms with Gasteiger partial charge in [-0.3, -0.25) is 4.79 Å². The van der Waals surface area contributed by atoms with E-state index in [9.17, 15) is 9.90 Å². The van der Waals surface area contributed by atoms with E-state index in [0.29, 0.717) is 17.3 Å². The molecule has 0 bridgehead atoms. The zero-order valence-corrected chi connectivity index (χ0v) is 13.4. The summed E-state index contributed by atoms with van der Waals surface area (Å²) < 4.78 is 5.07. The Balaban J connectivity index is 1.78. The fraction of sp³-hybridized carbons (Fsp3) is 0.167. The van der Waals surface area contributed by atoms with Crippen molar-refractivity contribution in [2.24, 2.45) is 0 Å². The number of nitrogens with zero attached hydrogens (tertiary/aromatic N) is 2. The smallest absolute Gasteiger partial charge is 0.251 e. The van der Waals surface area contributed by atoms with Gasteiger partial charge in [-0.25, -0.2) is 0 Å². The van der Waals surface area contributed by atoms with Gasteiger partial charge in [-0.2, -0.15) is 4.98 Å². The molecule has 122 valence electrons. The van der Waals surface area contributed by atoms with Crippen LogP contribution in [0.5, 0.6) is 5.75 Å². The van der Waals surface area contributed by atoms with Gasteiger partial charge in [0.05, 0.1) is 0 Å². The van der Waals surface area contributed by atoms with Crippen molar-refractivity contribution in [3.8, 4) is 16.9 Å². The highest BCUT2D eigenvalue weighted by Gasteiger charge is 2.16. The fourth-order valence-corrected chi connectivity index (χ4v) is 2.32. The molecule has 0 unspecified atom stereocenters. The first-order valence-electron chi connectivity index (χ1n) is 7.53. The lowest BCUT2D eigenvalue weighted by molar-refractivity contribution is 0.0932. The van der Waals surface area contributed by atoms with Gasteiger partial charge in [0.15, 0.2) is 5.82 Å². The van der Waals surface area contributed by atoms with Crippen molar-refractivity contribution < 1.29 is 14.4 Å². The Labute approximate surface area is 139 Å². The summed E-state index contributed by atoms with van der Waals surface area (Å²) in [5.41, 5.74) is 2.34. The first-order valence-corrected chi connectivity index (χ1v) is 7.53. The predicted molar refractivity (Wildman–Crippen MR) is 88.5 cm³/mol. The summed E-state index contributed by atoms with van der Waals surface area (Å²) in [6.45, 7) is 3.51. The van der Waals surface area contributed by atoms with Crippen molar-refractivity contribution in [3.63, 3.8) is 0 Å². The second-order valence-corrected chi connectivity index (χ2v) is 5.50. The number of benzene rings is 2. The number of hydrogen-bond donors (Lipinski definition) is 2. The third kappa shape index (κ3) is 3.43. The Morgan fingerprint density at radius 1 is 1.17 bits per heavy atom. The summed E-state index contributed by atoms with van der Waals surface area (Å²) >= 11 is 0. The number of aromatic hydroxyl groups is 1. The van der Waals surface area contributed by atoms with Crippen molar-refractivity contribution in [1.29, 1.82) is 0 Å². The molecule has 0 radical (unpaired) electrons. The standard InChI is InChI=1S/C18H17N3O3/c1-11(18-20-12(2)21-24-18)19-17(23)15-5-3-4-14(10-15)13-6-8-16(22)9-7-13/h3-11,22H,1-2H3,(H,19,23)/t11-/m1/s1. The van der Waals surface area contributed by atoms with Gasteiger partial charge in [-0.05, 0) is 49.2 Å². The van der Waals surface area contributed by atoms with E-state index in [1.54, 1.807) is 50.2 Å². The lowest BCUT2D eigenvalue weighted by Crippen LogP contribution is -2.26. The van der Waals surface area contributed by atoms with Gasteiger partial charge in [-0.1, -0.05) is 29.4 Å². The summed E-state index contributed by atoms with van der Waals surface area (Å²) in [5, 5.41) is 15.9. The molecule has 2 aromatic carbocycles. The number of nitrogens with one attached hydrogen (secondary N) is 1. The van der Waals surface area contributed by atoms with Gasteiger partial charge >= 0.3 is 0 Å². The van der Waals surface area contributed by atoms with Gasteiger partial charge < -0.3 is 14.9 Å². The third-order valence-electron chi connectivity index (χ3n) is 3.59. The molecule has 1 atom stereocenters. The number of aromatic nitrogens is 2. The van der Waals surface area contributed by atoms with Crippen LogP contribution in [0.2, 0.25) is 0 Å². The average molecular weight is 323 g/mol. The number of phenolic OH excluding ortho intramolecular Hbond substituents is 1. The van der Waals surface area contributed by atoms with Crippen molar-refractivity contribution in [1.82, 2.24) is 15.5 Å². The molecule has 1 aromatic heterocycles. The number of carbonyl (C=O) groups excluding carboxylic acids is 1. The van der Waals surface area contributed by atoms with Crippen molar-refractivity contribution in [2.75, 3.05) is 0 Å². The molecular weight excluding hydrogens is 306 g/mol. The number of rotatable bonds is 4. The quantitative estimate of drug-likeness (QED) is 0.769. The molecule has 6 nitrogen and oxygen atoms in total. The van der Waals surface area contributed by atoms with E-state index in [2.05, 4.69) is 15.5 Å². The van der Waals surface area contributed by atoms with Crippen molar-refractivity contribution in [3.05, 3.63) is 65.8 Å². The van der Waals surface area contributed by atoms with Crippen LogP contribution in [0.4, 0.5) is 0 Å². The first-order chi connectivity index (χ1) is 11.5. The van der Waals surface area contributed by atoms with E-state index in [1.807, 2.05) is 12.1 Å². The zero-order valence-electron chi connectivity index (χ0n) is 13.4. The van der Waals surface area contributed by atoms with Gasteiger partial charge in [0.1, 0.15) is 11.8 Å². The highest BCUT2D eigenvalue weighted by Crippen LogP contribution is 2.23. The van der Waals surface area contributed by atoms with E-state index in [-0.39, 0.29) is 17.7 Å². The molecule has 0 fully saturated rings. The van der Waals surface area contributed by atoms with Gasteiger partial charge in [0.2, 0.25) is 5.89 Å². The minimum atomic E-state index is -0.379. The average Bonchev–Trinajstić information content (AvgIpc) is 3.02. The molecule has 0 saturated carbocycles. The monoisotopic (exact) mass is 323 g/mol. The Bertz CT molecular complexity index is 856. The molecule has 3 rings (SSSR count). The van der Waals surface area contributed by atoms with Gasteiger partial charge in [-0.15, -0.1) is 0 Å². The minimum Gasteiger partial charge on any atom is -0.508 e. The number of phenols is 1. The largest absolute Gasteiger partial charge is 0.508 e. The highest BCUT2D eigenvalue weighted by molar-refractivity contribution is 5.95. The third-order valence-corrected chi connectivity index (χ3v) is 3.59. The summed E-state index contributed by atoms with van der Waals surface area (Å²) in [4.78, 5) is 16.5. The van der Waals surface area contributed by atoms with Crippen LogP contribution in [-0.4, -0.2) is 21.2 Å². The molecule has 0 saturated heterocycles. The Morgan fingerprint density at radius 2 is 1.92 bits per heavy atom. The van der Waals surface area contributed by atoms with Crippen LogP contribution in [0.15, 0.2) is 53.1 Å². The van der Waals surface area contributed by atoms with Crippen LogP contribution in [-0.2, 0) is 0 Å². The fourth-order valence-electron chi connectivity index (χ4n) is 2.32. The van der Waals surface area contributed by atoms with Gasteiger partial charge in [0, 0.05) is 5.56 Å². The lowest BCUT2D eigenvalue weighted by atomic mass is 10.0. The van der Waals surface area contributed by atoms with Crippen molar-refractivity contribution >= 4 is 5.91 Å². The molecule has 0 aliphatic heterocycles. The highest BCUT2D eigenvalue weighted by atomic mass is 16.5. The first kappa shape index (κ1) is 15.7. The van der Waals surface area contributed by atoms with Crippen LogP contribution in [0.1, 0.15) is 35.0 Å². The molecular formula is C18H17N3O3. The SMILES string of the molecule is Cc1noc([C@@H](C)NC(=O)c2cccc(-c3ccc(O)cc3)c2)n1. The number of aryl methyl sites for hydroxylation is 1. The van der Waals surface area contributed by atoms with E-state index in [0.717, 1.165) is 11.1 Å². The predicted octanol–water partition coefficient (Wildman–Crippen LogP) is 3.24.